The predicted molar refractivity (Wildman–Crippen MR) is 73.0 cm³/mol. The number of rotatable bonds is 4. The maximum Gasteiger partial charge on any atom is 0.119 e. The minimum Gasteiger partial charge on any atom is -0.508 e. The zero-order chi connectivity index (χ0) is 12.8. The molecule has 2 aromatic rings. The molecular formula is C15H15NO2. The molecular weight excluding hydrogens is 226 g/mol. The molecule has 0 aliphatic carbocycles. The van der Waals surface area contributed by atoms with Gasteiger partial charge in [-0.15, -0.1) is 0 Å². The van der Waals surface area contributed by atoms with E-state index in [2.05, 4.69) is 4.99 Å². The van der Waals surface area contributed by atoms with Crippen LogP contribution < -0.4 is 4.74 Å². The Morgan fingerprint density at radius 1 is 1.06 bits per heavy atom. The van der Waals surface area contributed by atoms with Gasteiger partial charge in [-0.3, -0.25) is 4.99 Å². The highest BCUT2D eigenvalue weighted by molar-refractivity contribution is 5.82. The molecule has 0 aliphatic rings. The second-order valence-corrected chi connectivity index (χ2v) is 3.78. The molecule has 0 aromatic heterocycles. The zero-order valence-electron chi connectivity index (χ0n) is 10.2. The quantitative estimate of drug-likeness (QED) is 0.832. The lowest BCUT2D eigenvalue weighted by molar-refractivity contribution is 0.340. The van der Waals surface area contributed by atoms with Gasteiger partial charge in [0, 0.05) is 6.21 Å². The van der Waals surface area contributed by atoms with Crippen LogP contribution in [0.2, 0.25) is 0 Å². The van der Waals surface area contributed by atoms with Crippen molar-refractivity contribution in [2.45, 2.75) is 6.92 Å². The summed E-state index contributed by atoms with van der Waals surface area (Å²) in [6.07, 6.45) is 1.76. The summed E-state index contributed by atoms with van der Waals surface area (Å²) in [5.41, 5.74) is 1.81. The maximum absolute atomic E-state index is 9.16. The molecule has 2 aromatic carbocycles. The maximum atomic E-state index is 9.16. The molecule has 3 heteroatoms. The molecule has 0 spiro atoms. The minimum atomic E-state index is 0.258. The molecule has 0 amide bonds. The second kappa shape index (κ2) is 5.87. The summed E-state index contributed by atoms with van der Waals surface area (Å²) in [6, 6.07) is 14.5. The zero-order valence-corrected chi connectivity index (χ0v) is 10.2. The average Bonchev–Trinajstić information content (AvgIpc) is 2.40. The second-order valence-electron chi connectivity index (χ2n) is 3.78. The monoisotopic (exact) mass is 241 g/mol. The summed E-state index contributed by atoms with van der Waals surface area (Å²) in [4.78, 5) is 4.35. The molecule has 0 heterocycles. The number of phenolic OH excluding ortho intramolecular Hbond substituents is 1. The van der Waals surface area contributed by atoms with Gasteiger partial charge in [-0.25, -0.2) is 0 Å². The summed E-state index contributed by atoms with van der Waals surface area (Å²) in [5.74, 6) is 1.11. The van der Waals surface area contributed by atoms with Crippen molar-refractivity contribution in [1.29, 1.82) is 0 Å². The van der Waals surface area contributed by atoms with Gasteiger partial charge in [0.2, 0.25) is 0 Å². The molecule has 0 aliphatic heterocycles. The van der Waals surface area contributed by atoms with Crippen LogP contribution in [-0.2, 0) is 0 Å². The van der Waals surface area contributed by atoms with Crippen LogP contribution in [0.5, 0.6) is 11.5 Å². The fourth-order valence-electron chi connectivity index (χ4n) is 1.50. The molecule has 0 bridgehead atoms. The van der Waals surface area contributed by atoms with Crippen molar-refractivity contribution in [2.24, 2.45) is 4.99 Å². The van der Waals surface area contributed by atoms with E-state index in [-0.39, 0.29) is 5.75 Å². The van der Waals surface area contributed by atoms with Gasteiger partial charge in [0.15, 0.2) is 0 Å². The first kappa shape index (κ1) is 12.2. The average molecular weight is 241 g/mol. The van der Waals surface area contributed by atoms with E-state index >= 15 is 0 Å². The lowest BCUT2D eigenvalue weighted by Gasteiger charge is -2.02. The van der Waals surface area contributed by atoms with Crippen molar-refractivity contribution < 1.29 is 9.84 Å². The van der Waals surface area contributed by atoms with Crippen molar-refractivity contribution in [1.82, 2.24) is 0 Å². The van der Waals surface area contributed by atoms with Gasteiger partial charge in [-0.1, -0.05) is 0 Å². The highest BCUT2D eigenvalue weighted by atomic mass is 16.5. The summed E-state index contributed by atoms with van der Waals surface area (Å²) >= 11 is 0. The van der Waals surface area contributed by atoms with Crippen LogP contribution in [0.3, 0.4) is 0 Å². The number of ether oxygens (including phenoxy) is 1. The Kier molecular flexibility index (Phi) is 3.97. The molecule has 0 radical (unpaired) electrons. The van der Waals surface area contributed by atoms with Crippen LogP contribution in [0, 0.1) is 0 Å². The summed E-state index contributed by atoms with van der Waals surface area (Å²) in [7, 11) is 0. The smallest absolute Gasteiger partial charge is 0.119 e. The Hall–Kier alpha value is -2.29. The number of hydrogen-bond acceptors (Lipinski definition) is 3. The van der Waals surface area contributed by atoms with Crippen molar-refractivity contribution in [3.05, 3.63) is 54.1 Å². The molecule has 0 saturated carbocycles. The van der Waals surface area contributed by atoms with E-state index in [4.69, 9.17) is 9.84 Å². The Labute approximate surface area is 106 Å². The number of phenols is 1. The van der Waals surface area contributed by atoms with Crippen LogP contribution in [-0.4, -0.2) is 17.9 Å². The van der Waals surface area contributed by atoms with E-state index in [1.807, 2.05) is 43.3 Å². The van der Waals surface area contributed by atoms with Gasteiger partial charge in [-0.05, 0) is 61.0 Å². The molecule has 92 valence electrons. The fraction of sp³-hybridized carbons (Fsp3) is 0.133. The lowest BCUT2D eigenvalue weighted by atomic mass is 10.2. The predicted octanol–water partition coefficient (Wildman–Crippen LogP) is 3.54. The first-order valence-corrected chi connectivity index (χ1v) is 5.84. The number of aromatic hydroxyl groups is 1. The Bertz CT molecular complexity index is 515. The van der Waals surface area contributed by atoms with Crippen LogP contribution in [0.25, 0.3) is 0 Å². The summed E-state index contributed by atoms with van der Waals surface area (Å²) in [6.45, 7) is 2.62. The Balaban J connectivity index is 2.06. The van der Waals surface area contributed by atoms with E-state index < -0.39 is 0 Å². The van der Waals surface area contributed by atoms with Gasteiger partial charge in [-0.2, -0.15) is 0 Å². The highest BCUT2D eigenvalue weighted by Crippen LogP contribution is 2.18. The van der Waals surface area contributed by atoms with E-state index in [1.54, 1.807) is 18.3 Å². The van der Waals surface area contributed by atoms with Crippen LogP contribution in [0.15, 0.2) is 53.5 Å². The molecule has 3 nitrogen and oxygen atoms in total. The standard InChI is InChI=1S/C15H15NO2/c1-2-18-15-9-5-13(6-10-15)16-11-12-3-7-14(17)8-4-12/h3-11,17H,2H2,1H3. The molecule has 0 atom stereocenters. The summed E-state index contributed by atoms with van der Waals surface area (Å²) in [5, 5.41) is 9.16. The minimum absolute atomic E-state index is 0.258. The van der Waals surface area contributed by atoms with Crippen molar-refractivity contribution >= 4 is 11.9 Å². The number of benzene rings is 2. The third-order valence-electron chi connectivity index (χ3n) is 2.40. The topological polar surface area (TPSA) is 41.8 Å². The van der Waals surface area contributed by atoms with Gasteiger partial charge in [0.1, 0.15) is 11.5 Å². The number of nitrogens with zero attached hydrogens (tertiary/aromatic N) is 1. The Morgan fingerprint density at radius 2 is 1.72 bits per heavy atom. The Morgan fingerprint density at radius 3 is 2.33 bits per heavy atom. The normalized spacial score (nSPS) is 10.7. The first-order valence-electron chi connectivity index (χ1n) is 5.84. The van der Waals surface area contributed by atoms with E-state index in [0.717, 1.165) is 17.0 Å². The summed E-state index contributed by atoms with van der Waals surface area (Å²) < 4.78 is 5.36. The fourth-order valence-corrected chi connectivity index (χ4v) is 1.50. The molecule has 0 unspecified atom stereocenters. The molecule has 1 N–H and O–H groups in total. The molecule has 18 heavy (non-hydrogen) atoms. The molecule has 2 rings (SSSR count). The SMILES string of the molecule is CCOc1ccc(N=Cc2ccc(O)cc2)cc1. The number of aliphatic imine (C=N–C) groups is 1. The van der Waals surface area contributed by atoms with E-state index in [0.29, 0.717) is 6.61 Å². The first-order chi connectivity index (χ1) is 8.78. The van der Waals surface area contributed by atoms with Gasteiger partial charge in [0.25, 0.3) is 0 Å². The third kappa shape index (κ3) is 3.35. The van der Waals surface area contributed by atoms with Crippen molar-refractivity contribution in [3.63, 3.8) is 0 Å². The molecule has 0 saturated heterocycles. The van der Waals surface area contributed by atoms with Crippen LogP contribution in [0.1, 0.15) is 12.5 Å². The number of hydrogen-bond donors (Lipinski definition) is 1. The van der Waals surface area contributed by atoms with Crippen LogP contribution >= 0.6 is 0 Å². The van der Waals surface area contributed by atoms with E-state index in [1.165, 1.54) is 0 Å². The van der Waals surface area contributed by atoms with Crippen molar-refractivity contribution in [2.75, 3.05) is 6.61 Å². The van der Waals surface area contributed by atoms with Gasteiger partial charge in [0.05, 0.1) is 12.3 Å². The third-order valence-corrected chi connectivity index (χ3v) is 2.40. The van der Waals surface area contributed by atoms with Crippen LogP contribution in [0.4, 0.5) is 5.69 Å². The van der Waals surface area contributed by atoms with Crippen molar-refractivity contribution in [3.8, 4) is 11.5 Å². The molecule has 0 fully saturated rings. The van der Waals surface area contributed by atoms with Gasteiger partial charge < -0.3 is 9.84 Å². The lowest BCUT2D eigenvalue weighted by Crippen LogP contribution is -1.89. The highest BCUT2D eigenvalue weighted by Gasteiger charge is 1.93. The largest absolute Gasteiger partial charge is 0.508 e. The van der Waals surface area contributed by atoms with E-state index in [9.17, 15) is 0 Å². The van der Waals surface area contributed by atoms with Gasteiger partial charge >= 0.3 is 0 Å².